The van der Waals surface area contributed by atoms with Crippen LogP contribution in [0.5, 0.6) is 0 Å². The van der Waals surface area contributed by atoms with E-state index < -0.39 is 0 Å². The Labute approximate surface area is 220 Å². The SMILES string of the molecule is CCCOC(=O)c1ccc(C(CC)(CC)CC(=O)c2cnn3c2NC(c2ccccc2)CC3(C)C)cc1. The summed E-state index contributed by atoms with van der Waals surface area (Å²) in [5.41, 5.74) is 2.88. The van der Waals surface area contributed by atoms with Crippen LogP contribution in [0.4, 0.5) is 5.82 Å². The molecule has 1 unspecified atom stereocenters. The van der Waals surface area contributed by atoms with Crippen molar-refractivity contribution in [3.8, 4) is 0 Å². The summed E-state index contributed by atoms with van der Waals surface area (Å²) in [6.45, 7) is 11.0. The van der Waals surface area contributed by atoms with Gasteiger partial charge in [-0.1, -0.05) is 63.2 Å². The first kappa shape index (κ1) is 26.6. The lowest BCUT2D eigenvalue weighted by molar-refractivity contribution is 0.0504. The molecule has 2 heterocycles. The van der Waals surface area contributed by atoms with Gasteiger partial charge in [0.25, 0.3) is 0 Å². The molecule has 1 aliphatic heterocycles. The fourth-order valence-corrected chi connectivity index (χ4v) is 5.49. The van der Waals surface area contributed by atoms with Gasteiger partial charge in [0, 0.05) is 11.8 Å². The van der Waals surface area contributed by atoms with E-state index >= 15 is 0 Å². The number of benzene rings is 2. The maximum absolute atomic E-state index is 13.9. The molecule has 37 heavy (non-hydrogen) atoms. The Morgan fingerprint density at radius 2 is 1.73 bits per heavy atom. The smallest absolute Gasteiger partial charge is 0.338 e. The fraction of sp³-hybridized carbons (Fsp3) is 0.452. The second kappa shape index (κ2) is 10.9. The maximum atomic E-state index is 13.9. The quantitative estimate of drug-likeness (QED) is 0.237. The van der Waals surface area contributed by atoms with E-state index in [0.717, 1.165) is 37.1 Å². The van der Waals surface area contributed by atoms with Gasteiger partial charge in [-0.25, -0.2) is 9.48 Å². The summed E-state index contributed by atoms with van der Waals surface area (Å²) >= 11 is 0. The molecule has 4 rings (SSSR count). The summed E-state index contributed by atoms with van der Waals surface area (Å²) in [6, 6.07) is 18.1. The highest BCUT2D eigenvalue weighted by molar-refractivity contribution is 6.01. The number of hydrogen-bond acceptors (Lipinski definition) is 5. The summed E-state index contributed by atoms with van der Waals surface area (Å²) in [7, 11) is 0. The topological polar surface area (TPSA) is 73.2 Å². The van der Waals surface area contributed by atoms with Crippen molar-refractivity contribution in [3.63, 3.8) is 0 Å². The molecular formula is C31H39N3O3. The molecular weight excluding hydrogens is 462 g/mol. The highest BCUT2D eigenvalue weighted by Crippen LogP contribution is 2.42. The lowest BCUT2D eigenvalue weighted by Gasteiger charge is -2.38. The minimum absolute atomic E-state index is 0.0772. The van der Waals surface area contributed by atoms with Crippen molar-refractivity contribution in [3.05, 3.63) is 83.0 Å². The summed E-state index contributed by atoms with van der Waals surface area (Å²) in [6.07, 6.45) is 5.38. The Morgan fingerprint density at radius 1 is 1.05 bits per heavy atom. The van der Waals surface area contributed by atoms with Gasteiger partial charge in [-0.15, -0.1) is 0 Å². The third-order valence-corrected chi connectivity index (χ3v) is 7.88. The zero-order valence-electron chi connectivity index (χ0n) is 22.7. The third kappa shape index (κ3) is 5.34. The van der Waals surface area contributed by atoms with Crippen molar-refractivity contribution in [2.75, 3.05) is 11.9 Å². The van der Waals surface area contributed by atoms with Gasteiger partial charge in [-0.05, 0) is 62.8 Å². The lowest BCUT2D eigenvalue weighted by atomic mass is 9.71. The molecule has 0 fully saturated rings. The number of carbonyl (C=O) groups excluding carboxylic acids is 2. The molecule has 2 aromatic carbocycles. The number of aromatic nitrogens is 2. The van der Waals surface area contributed by atoms with Gasteiger partial charge < -0.3 is 10.1 Å². The molecule has 1 aromatic heterocycles. The highest BCUT2D eigenvalue weighted by atomic mass is 16.5. The summed E-state index contributed by atoms with van der Waals surface area (Å²) < 4.78 is 7.24. The number of rotatable bonds is 10. The first-order valence-electron chi connectivity index (χ1n) is 13.5. The number of esters is 1. The van der Waals surface area contributed by atoms with E-state index in [1.54, 1.807) is 6.20 Å². The van der Waals surface area contributed by atoms with Crippen LogP contribution in [0.1, 0.15) is 105 Å². The van der Waals surface area contributed by atoms with E-state index in [2.05, 4.69) is 50.2 Å². The fourth-order valence-electron chi connectivity index (χ4n) is 5.49. The minimum Gasteiger partial charge on any atom is -0.462 e. The molecule has 0 spiro atoms. The Hall–Kier alpha value is -3.41. The van der Waals surface area contributed by atoms with Gasteiger partial charge in [-0.2, -0.15) is 5.10 Å². The molecule has 0 aliphatic carbocycles. The Bertz CT molecular complexity index is 1220. The van der Waals surface area contributed by atoms with E-state index in [9.17, 15) is 9.59 Å². The van der Waals surface area contributed by atoms with Crippen LogP contribution < -0.4 is 5.32 Å². The average molecular weight is 502 g/mol. The van der Waals surface area contributed by atoms with Crippen molar-refractivity contribution < 1.29 is 14.3 Å². The normalized spacial score (nSPS) is 16.5. The van der Waals surface area contributed by atoms with Gasteiger partial charge in [0.05, 0.1) is 35.5 Å². The van der Waals surface area contributed by atoms with Gasteiger partial charge >= 0.3 is 5.97 Å². The monoisotopic (exact) mass is 501 g/mol. The molecule has 0 saturated heterocycles. The van der Waals surface area contributed by atoms with Crippen LogP contribution in [0.15, 0.2) is 60.8 Å². The standard InChI is InChI=1S/C31H39N3O3/c1-6-18-37-29(36)23-14-16-24(17-15-23)31(7-2,8-3)20-27(35)25-21-32-34-28(25)33-26(19-30(34,4)5)22-12-10-9-11-13-22/h9-17,21,26,33H,6-8,18-20H2,1-5H3. The second-order valence-electron chi connectivity index (χ2n) is 10.7. The molecule has 6 nitrogen and oxygen atoms in total. The van der Waals surface area contributed by atoms with E-state index in [-0.39, 0.29) is 28.7 Å². The van der Waals surface area contributed by atoms with Crippen molar-refractivity contribution >= 4 is 17.6 Å². The molecule has 0 radical (unpaired) electrons. The van der Waals surface area contributed by atoms with E-state index in [1.165, 1.54) is 5.56 Å². The lowest BCUT2D eigenvalue weighted by Crippen LogP contribution is -2.38. The molecule has 0 bridgehead atoms. The van der Waals surface area contributed by atoms with E-state index in [1.807, 2.05) is 54.1 Å². The zero-order chi connectivity index (χ0) is 26.6. The van der Waals surface area contributed by atoms with Crippen LogP contribution in [0, 0.1) is 0 Å². The molecule has 1 aliphatic rings. The maximum Gasteiger partial charge on any atom is 0.338 e. The van der Waals surface area contributed by atoms with Crippen LogP contribution in [-0.2, 0) is 15.7 Å². The summed E-state index contributed by atoms with van der Waals surface area (Å²) in [5.74, 6) is 0.565. The third-order valence-electron chi connectivity index (χ3n) is 7.88. The number of ketones is 1. The van der Waals surface area contributed by atoms with Crippen molar-refractivity contribution in [1.29, 1.82) is 0 Å². The van der Waals surface area contributed by atoms with Crippen LogP contribution in [0.25, 0.3) is 0 Å². The first-order chi connectivity index (χ1) is 17.7. The first-order valence-corrected chi connectivity index (χ1v) is 13.5. The second-order valence-corrected chi connectivity index (χ2v) is 10.7. The number of nitrogens with zero attached hydrogens (tertiary/aromatic N) is 2. The zero-order valence-corrected chi connectivity index (χ0v) is 22.7. The van der Waals surface area contributed by atoms with Gasteiger partial charge in [0.15, 0.2) is 5.78 Å². The molecule has 0 saturated carbocycles. The number of hydrogen-bond donors (Lipinski definition) is 1. The minimum atomic E-state index is -0.333. The van der Waals surface area contributed by atoms with E-state index in [4.69, 9.17) is 4.74 Å². The van der Waals surface area contributed by atoms with Gasteiger partial charge in [-0.3, -0.25) is 4.79 Å². The highest BCUT2D eigenvalue weighted by Gasteiger charge is 2.38. The number of anilines is 1. The van der Waals surface area contributed by atoms with Crippen LogP contribution in [0.2, 0.25) is 0 Å². The predicted molar refractivity (Wildman–Crippen MR) is 147 cm³/mol. The number of nitrogens with one attached hydrogen (secondary N) is 1. The number of Topliss-reactive ketones (excluding diaryl/α,β-unsaturated/α-hetero) is 1. The summed E-state index contributed by atoms with van der Waals surface area (Å²) in [5, 5.41) is 8.28. The van der Waals surface area contributed by atoms with Crippen LogP contribution >= 0.6 is 0 Å². The number of carbonyl (C=O) groups is 2. The van der Waals surface area contributed by atoms with Crippen molar-refractivity contribution in [2.24, 2.45) is 0 Å². The van der Waals surface area contributed by atoms with Gasteiger partial charge in [0.1, 0.15) is 5.82 Å². The van der Waals surface area contributed by atoms with Crippen molar-refractivity contribution in [1.82, 2.24) is 9.78 Å². The van der Waals surface area contributed by atoms with Crippen LogP contribution in [-0.4, -0.2) is 28.1 Å². The van der Waals surface area contributed by atoms with Gasteiger partial charge in [0.2, 0.25) is 0 Å². The van der Waals surface area contributed by atoms with Crippen LogP contribution in [0.3, 0.4) is 0 Å². The van der Waals surface area contributed by atoms with E-state index in [0.29, 0.717) is 24.2 Å². The molecule has 3 aromatic rings. The average Bonchev–Trinajstić information content (AvgIpc) is 3.36. The molecule has 6 heteroatoms. The molecule has 1 N–H and O–H groups in total. The Balaban J connectivity index is 1.60. The predicted octanol–water partition coefficient (Wildman–Crippen LogP) is 7.07. The Kier molecular flexibility index (Phi) is 7.86. The van der Waals surface area contributed by atoms with Crippen molar-refractivity contribution in [2.45, 2.75) is 83.7 Å². The molecule has 1 atom stereocenters. The largest absolute Gasteiger partial charge is 0.462 e. The Morgan fingerprint density at radius 3 is 2.35 bits per heavy atom. The summed E-state index contributed by atoms with van der Waals surface area (Å²) in [4.78, 5) is 26.1. The number of fused-ring (bicyclic) bond motifs is 1. The number of ether oxygens (including phenoxy) is 1. The molecule has 196 valence electrons. The molecule has 0 amide bonds.